The molecule has 0 aliphatic carbocycles. The number of aryl methyl sites for hydroxylation is 1. The lowest BCUT2D eigenvalue weighted by molar-refractivity contribution is 0.196. The summed E-state index contributed by atoms with van der Waals surface area (Å²) >= 11 is 0. The Balaban J connectivity index is 2.47. The number of ether oxygens (including phenoxy) is 1. The largest absolute Gasteiger partial charge is 0.385 e. The SMILES string of the molecule is COCCCC#Cc1cccc(CCCN)c1. The molecule has 0 aliphatic heterocycles. The second kappa shape index (κ2) is 8.81. The number of nitrogens with two attached hydrogens (primary N) is 1. The summed E-state index contributed by atoms with van der Waals surface area (Å²) in [7, 11) is 1.72. The molecule has 0 radical (unpaired) electrons. The lowest BCUT2D eigenvalue weighted by atomic mass is 10.1. The maximum absolute atomic E-state index is 5.50. The number of hydrogen-bond acceptors (Lipinski definition) is 2. The van der Waals surface area contributed by atoms with Crippen LogP contribution in [0.1, 0.15) is 30.4 Å². The number of unbranched alkanes of at least 4 members (excludes halogenated alkanes) is 1. The van der Waals surface area contributed by atoms with Gasteiger partial charge in [0, 0.05) is 25.7 Å². The highest BCUT2D eigenvalue weighted by Gasteiger charge is 1.93. The predicted molar refractivity (Wildman–Crippen MR) is 71.8 cm³/mol. The predicted octanol–water partition coefficient (Wildman–Crippen LogP) is 2.36. The van der Waals surface area contributed by atoms with Gasteiger partial charge in [0.25, 0.3) is 0 Å². The van der Waals surface area contributed by atoms with Gasteiger partial charge in [-0.15, -0.1) is 0 Å². The van der Waals surface area contributed by atoms with Gasteiger partial charge < -0.3 is 10.5 Å². The fourth-order valence-electron chi connectivity index (χ4n) is 1.58. The van der Waals surface area contributed by atoms with Gasteiger partial charge in [-0.2, -0.15) is 0 Å². The van der Waals surface area contributed by atoms with Crippen molar-refractivity contribution in [2.45, 2.75) is 25.7 Å². The van der Waals surface area contributed by atoms with Gasteiger partial charge in [0.05, 0.1) is 0 Å². The van der Waals surface area contributed by atoms with Gasteiger partial charge in [-0.05, 0) is 43.5 Å². The Labute approximate surface area is 104 Å². The van der Waals surface area contributed by atoms with Crippen LogP contribution in [0.5, 0.6) is 0 Å². The van der Waals surface area contributed by atoms with E-state index in [-0.39, 0.29) is 0 Å². The monoisotopic (exact) mass is 231 g/mol. The average Bonchev–Trinajstić information content (AvgIpc) is 2.37. The molecule has 0 saturated carbocycles. The maximum Gasteiger partial charge on any atom is 0.0471 e. The summed E-state index contributed by atoms with van der Waals surface area (Å²) in [4.78, 5) is 0. The number of rotatable bonds is 6. The van der Waals surface area contributed by atoms with E-state index in [1.165, 1.54) is 5.56 Å². The highest BCUT2D eigenvalue weighted by molar-refractivity contribution is 5.37. The number of methoxy groups -OCH3 is 1. The highest BCUT2D eigenvalue weighted by atomic mass is 16.5. The molecule has 2 N–H and O–H groups in total. The molecule has 0 bridgehead atoms. The molecule has 1 rings (SSSR count). The van der Waals surface area contributed by atoms with Crippen LogP contribution in [0.2, 0.25) is 0 Å². The molecule has 17 heavy (non-hydrogen) atoms. The van der Waals surface area contributed by atoms with Crippen LogP contribution in [-0.2, 0) is 11.2 Å². The Morgan fingerprint density at radius 3 is 2.94 bits per heavy atom. The van der Waals surface area contributed by atoms with Crippen molar-refractivity contribution in [2.24, 2.45) is 5.73 Å². The lowest BCUT2D eigenvalue weighted by Gasteiger charge is -1.99. The Morgan fingerprint density at radius 2 is 2.18 bits per heavy atom. The third kappa shape index (κ3) is 6.11. The Bertz CT molecular complexity index is 376. The summed E-state index contributed by atoms with van der Waals surface area (Å²) in [6.45, 7) is 1.53. The maximum atomic E-state index is 5.50. The Kier molecular flexibility index (Phi) is 7.13. The minimum atomic E-state index is 0.743. The Hall–Kier alpha value is -1.30. The standard InChI is InChI=1S/C15H21NO/c1-17-12-4-2-3-7-14-8-5-9-15(13-14)10-6-11-16/h5,8-9,13H,2,4,6,10-12,16H2,1H3. The number of benzene rings is 1. The van der Waals surface area contributed by atoms with Gasteiger partial charge in [0.1, 0.15) is 0 Å². The van der Waals surface area contributed by atoms with Crippen molar-refractivity contribution < 1.29 is 4.74 Å². The van der Waals surface area contributed by atoms with Crippen LogP contribution in [0.25, 0.3) is 0 Å². The molecule has 0 spiro atoms. The van der Waals surface area contributed by atoms with Gasteiger partial charge >= 0.3 is 0 Å². The molecule has 2 nitrogen and oxygen atoms in total. The molecule has 1 aromatic carbocycles. The van der Waals surface area contributed by atoms with Crippen LogP contribution in [-0.4, -0.2) is 20.3 Å². The third-order valence-electron chi connectivity index (χ3n) is 2.48. The smallest absolute Gasteiger partial charge is 0.0471 e. The fraction of sp³-hybridized carbons (Fsp3) is 0.467. The first-order chi connectivity index (χ1) is 8.36. The van der Waals surface area contributed by atoms with E-state index in [2.05, 4.69) is 36.1 Å². The molecule has 0 unspecified atom stereocenters. The van der Waals surface area contributed by atoms with E-state index in [1.54, 1.807) is 7.11 Å². The van der Waals surface area contributed by atoms with Crippen LogP contribution in [0.4, 0.5) is 0 Å². The Morgan fingerprint density at radius 1 is 1.29 bits per heavy atom. The minimum absolute atomic E-state index is 0.743. The molecule has 2 heteroatoms. The molecule has 0 aliphatic rings. The lowest BCUT2D eigenvalue weighted by Crippen LogP contribution is -2.00. The van der Waals surface area contributed by atoms with Crippen LogP contribution >= 0.6 is 0 Å². The first-order valence-electron chi connectivity index (χ1n) is 6.13. The zero-order valence-corrected chi connectivity index (χ0v) is 10.5. The number of hydrogen-bond donors (Lipinski definition) is 1. The van der Waals surface area contributed by atoms with E-state index in [1.807, 2.05) is 0 Å². The molecular weight excluding hydrogens is 210 g/mol. The summed E-state index contributed by atoms with van der Waals surface area (Å²) in [5.41, 5.74) is 7.91. The summed E-state index contributed by atoms with van der Waals surface area (Å²) in [5, 5.41) is 0. The first-order valence-corrected chi connectivity index (χ1v) is 6.13. The summed E-state index contributed by atoms with van der Waals surface area (Å²) in [6.07, 6.45) is 3.96. The van der Waals surface area contributed by atoms with Crippen molar-refractivity contribution >= 4 is 0 Å². The molecule has 0 heterocycles. The van der Waals surface area contributed by atoms with Gasteiger partial charge in [0.2, 0.25) is 0 Å². The topological polar surface area (TPSA) is 35.2 Å². The van der Waals surface area contributed by atoms with Crippen molar-refractivity contribution in [1.29, 1.82) is 0 Å². The molecule has 0 saturated heterocycles. The van der Waals surface area contributed by atoms with Gasteiger partial charge in [-0.1, -0.05) is 24.0 Å². The van der Waals surface area contributed by atoms with E-state index in [4.69, 9.17) is 10.5 Å². The van der Waals surface area contributed by atoms with Crippen molar-refractivity contribution in [3.05, 3.63) is 35.4 Å². The highest BCUT2D eigenvalue weighted by Crippen LogP contribution is 2.06. The van der Waals surface area contributed by atoms with Crippen LogP contribution in [0, 0.1) is 11.8 Å². The fourth-order valence-corrected chi connectivity index (χ4v) is 1.58. The normalized spacial score (nSPS) is 9.76. The molecular formula is C15H21NO. The van der Waals surface area contributed by atoms with Crippen LogP contribution in [0.15, 0.2) is 24.3 Å². The van der Waals surface area contributed by atoms with Crippen molar-refractivity contribution in [1.82, 2.24) is 0 Å². The molecule has 0 amide bonds. The van der Waals surface area contributed by atoms with E-state index < -0.39 is 0 Å². The van der Waals surface area contributed by atoms with Gasteiger partial charge in [-0.25, -0.2) is 0 Å². The van der Waals surface area contributed by atoms with Crippen molar-refractivity contribution in [2.75, 3.05) is 20.3 Å². The average molecular weight is 231 g/mol. The summed E-state index contributed by atoms with van der Waals surface area (Å²) in [6, 6.07) is 8.39. The molecule has 0 fully saturated rings. The van der Waals surface area contributed by atoms with Crippen LogP contribution < -0.4 is 5.73 Å². The van der Waals surface area contributed by atoms with Crippen molar-refractivity contribution in [3.8, 4) is 11.8 Å². The molecule has 0 atom stereocenters. The minimum Gasteiger partial charge on any atom is -0.385 e. The van der Waals surface area contributed by atoms with E-state index in [0.717, 1.165) is 44.4 Å². The zero-order valence-electron chi connectivity index (χ0n) is 10.5. The quantitative estimate of drug-likeness (QED) is 0.602. The van der Waals surface area contributed by atoms with Gasteiger partial charge in [-0.3, -0.25) is 0 Å². The van der Waals surface area contributed by atoms with E-state index >= 15 is 0 Å². The van der Waals surface area contributed by atoms with Crippen LogP contribution in [0.3, 0.4) is 0 Å². The second-order valence-corrected chi connectivity index (χ2v) is 3.99. The molecule has 92 valence electrons. The van der Waals surface area contributed by atoms with E-state index in [0.29, 0.717) is 0 Å². The molecule has 0 aromatic heterocycles. The second-order valence-electron chi connectivity index (χ2n) is 3.99. The summed E-state index contributed by atoms with van der Waals surface area (Å²) < 4.78 is 4.98. The first kappa shape index (κ1) is 13.8. The van der Waals surface area contributed by atoms with Crippen molar-refractivity contribution in [3.63, 3.8) is 0 Å². The van der Waals surface area contributed by atoms with E-state index in [9.17, 15) is 0 Å². The molecule has 1 aromatic rings. The van der Waals surface area contributed by atoms with Gasteiger partial charge in [0.15, 0.2) is 0 Å². The third-order valence-corrected chi connectivity index (χ3v) is 2.48. The summed E-state index contributed by atoms with van der Waals surface area (Å²) in [5.74, 6) is 6.35. The zero-order chi connectivity index (χ0) is 12.3.